The van der Waals surface area contributed by atoms with Crippen LogP contribution in [-0.2, 0) is 9.59 Å². The molecule has 0 radical (unpaired) electrons. The van der Waals surface area contributed by atoms with Crippen LogP contribution >= 0.6 is 0 Å². The van der Waals surface area contributed by atoms with Crippen molar-refractivity contribution >= 4 is 11.8 Å². The van der Waals surface area contributed by atoms with Gasteiger partial charge in [-0.15, -0.1) is 13.2 Å². The SMILES string of the molecule is C=CCN(CC=C)C(=O)C(=O)NC1CCCCCCCCCCC1. The Bertz CT molecular complexity index is 384. The molecule has 0 bridgehead atoms. The first-order valence-electron chi connectivity index (χ1n) is 9.50. The van der Waals surface area contributed by atoms with Gasteiger partial charge in [0.25, 0.3) is 0 Å². The molecule has 1 aliphatic carbocycles. The molecule has 2 amide bonds. The summed E-state index contributed by atoms with van der Waals surface area (Å²) >= 11 is 0. The Balaban J connectivity index is 2.53. The van der Waals surface area contributed by atoms with E-state index in [1.165, 1.54) is 49.8 Å². The van der Waals surface area contributed by atoms with Gasteiger partial charge in [-0.1, -0.05) is 69.9 Å². The lowest BCUT2D eigenvalue weighted by atomic mass is 9.98. The Morgan fingerprint density at radius 3 is 1.67 bits per heavy atom. The highest BCUT2D eigenvalue weighted by Crippen LogP contribution is 2.17. The van der Waals surface area contributed by atoms with E-state index in [0.29, 0.717) is 13.1 Å². The van der Waals surface area contributed by atoms with E-state index in [9.17, 15) is 9.59 Å². The summed E-state index contributed by atoms with van der Waals surface area (Å²) in [5.74, 6) is -0.975. The molecule has 4 heteroatoms. The number of rotatable bonds is 5. The molecule has 0 aliphatic heterocycles. The van der Waals surface area contributed by atoms with Crippen molar-refractivity contribution in [2.45, 2.75) is 76.7 Å². The first kappa shape index (κ1) is 20.5. The molecule has 1 fully saturated rings. The maximum atomic E-state index is 12.3. The Morgan fingerprint density at radius 1 is 0.833 bits per heavy atom. The minimum atomic E-state index is -0.490. The molecular formula is C20H34N2O2. The Morgan fingerprint density at radius 2 is 1.25 bits per heavy atom. The van der Waals surface area contributed by atoms with Crippen molar-refractivity contribution < 1.29 is 9.59 Å². The molecule has 1 saturated carbocycles. The van der Waals surface area contributed by atoms with Crippen molar-refractivity contribution in [3.63, 3.8) is 0 Å². The van der Waals surface area contributed by atoms with Crippen LogP contribution in [0.1, 0.15) is 70.6 Å². The lowest BCUT2D eigenvalue weighted by Crippen LogP contribution is -2.46. The number of carbonyl (C=O) groups excluding carboxylic acids is 2. The lowest BCUT2D eigenvalue weighted by molar-refractivity contribution is -0.145. The van der Waals surface area contributed by atoms with E-state index in [1.807, 2.05) is 0 Å². The molecule has 136 valence electrons. The zero-order valence-electron chi connectivity index (χ0n) is 15.1. The van der Waals surface area contributed by atoms with Crippen molar-refractivity contribution in [2.75, 3.05) is 13.1 Å². The molecular weight excluding hydrogens is 300 g/mol. The third-order valence-corrected chi connectivity index (χ3v) is 4.62. The van der Waals surface area contributed by atoms with E-state index < -0.39 is 11.8 Å². The summed E-state index contributed by atoms with van der Waals surface area (Å²) in [7, 11) is 0. The number of nitrogens with zero attached hydrogens (tertiary/aromatic N) is 1. The van der Waals surface area contributed by atoms with Gasteiger partial charge in [0.1, 0.15) is 0 Å². The van der Waals surface area contributed by atoms with Crippen molar-refractivity contribution in [1.29, 1.82) is 0 Å². The van der Waals surface area contributed by atoms with E-state index in [-0.39, 0.29) is 6.04 Å². The number of carbonyl (C=O) groups is 2. The van der Waals surface area contributed by atoms with Gasteiger partial charge in [-0.2, -0.15) is 0 Å². The fourth-order valence-corrected chi connectivity index (χ4v) is 3.25. The van der Waals surface area contributed by atoms with Crippen LogP contribution in [0.4, 0.5) is 0 Å². The van der Waals surface area contributed by atoms with Crippen LogP contribution < -0.4 is 5.32 Å². The van der Waals surface area contributed by atoms with E-state index in [4.69, 9.17) is 0 Å². The molecule has 0 aromatic rings. The predicted molar refractivity (Wildman–Crippen MR) is 99.7 cm³/mol. The van der Waals surface area contributed by atoms with Gasteiger partial charge < -0.3 is 10.2 Å². The molecule has 0 spiro atoms. The summed E-state index contributed by atoms with van der Waals surface area (Å²) < 4.78 is 0. The maximum absolute atomic E-state index is 12.3. The second kappa shape index (κ2) is 12.8. The van der Waals surface area contributed by atoms with Crippen LogP contribution in [0.3, 0.4) is 0 Å². The van der Waals surface area contributed by atoms with Gasteiger partial charge >= 0.3 is 11.8 Å². The van der Waals surface area contributed by atoms with Gasteiger partial charge in [0.15, 0.2) is 0 Å². The van der Waals surface area contributed by atoms with Gasteiger partial charge in [-0.25, -0.2) is 0 Å². The highest BCUT2D eigenvalue weighted by molar-refractivity contribution is 6.35. The topological polar surface area (TPSA) is 49.4 Å². The molecule has 1 aliphatic rings. The first-order chi connectivity index (χ1) is 11.7. The number of amides is 2. The van der Waals surface area contributed by atoms with Gasteiger partial charge in [0.05, 0.1) is 0 Å². The summed E-state index contributed by atoms with van der Waals surface area (Å²) in [6.45, 7) is 8.01. The third-order valence-electron chi connectivity index (χ3n) is 4.62. The molecule has 0 aromatic heterocycles. The average Bonchev–Trinajstić information content (AvgIpc) is 2.56. The smallest absolute Gasteiger partial charge is 0.312 e. The fourth-order valence-electron chi connectivity index (χ4n) is 3.25. The van der Waals surface area contributed by atoms with E-state index >= 15 is 0 Å². The molecule has 0 heterocycles. The Labute approximate surface area is 147 Å². The predicted octanol–water partition coefficient (Wildman–Crippen LogP) is 3.98. The molecule has 1 rings (SSSR count). The summed E-state index contributed by atoms with van der Waals surface area (Å²) in [5.41, 5.74) is 0. The van der Waals surface area contributed by atoms with Gasteiger partial charge in [-0.05, 0) is 12.8 Å². The van der Waals surface area contributed by atoms with Crippen molar-refractivity contribution in [3.8, 4) is 0 Å². The summed E-state index contributed by atoms with van der Waals surface area (Å²) in [4.78, 5) is 26.1. The van der Waals surface area contributed by atoms with Gasteiger partial charge in [-0.3, -0.25) is 9.59 Å². The lowest BCUT2D eigenvalue weighted by Gasteiger charge is -2.22. The molecule has 0 atom stereocenters. The average molecular weight is 335 g/mol. The molecule has 24 heavy (non-hydrogen) atoms. The largest absolute Gasteiger partial charge is 0.345 e. The monoisotopic (exact) mass is 334 g/mol. The van der Waals surface area contributed by atoms with Crippen molar-refractivity contribution in [1.82, 2.24) is 10.2 Å². The van der Waals surface area contributed by atoms with Crippen molar-refractivity contribution in [3.05, 3.63) is 25.3 Å². The summed E-state index contributed by atoms with van der Waals surface area (Å²) in [5, 5.41) is 2.97. The normalized spacial score (nSPS) is 17.8. The van der Waals surface area contributed by atoms with Gasteiger partial charge in [0.2, 0.25) is 0 Å². The van der Waals surface area contributed by atoms with Crippen LogP contribution in [0.15, 0.2) is 25.3 Å². The highest BCUT2D eigenvalue weighted by Gasteiger charge is 2.22. The van der Waals surface area contributed by atoms with Crippen molar-refractivity contribution in [2.24, 2.45) is 0 Å². The second-order valence-corrected chi connectivity index (χ2v) is 6.72. The van der Waals surface area contributed by atoms with Crippen LogP contribution in [0, 0.1) is 0 Å². The van der Waals surface area contributed by atoms with Crippen LogP contribution in [0.2, 0.25) is 0 Å². The molecule has 0 unspecified atom stereocenters. The van der Waals surface area contributed by atoms with Gasteiger partial charge in [0, 0.05) is 19.1 Å². The standard InChI is InChI=1S/C20H34N2O2/c1-3-16-22(17-4-2)20(24)19(23)21-18-14-12-10-8-6-5-7-9-11-13-15-18/h3-4,18H,1-2,5-17H2,(H,21,23). The quantitative estimate of drug-likeness (QED) is 0.611. The molecule has 0 saturated heterocycles. The third kappa shape index (κ3) is 8.32. The Hall–Kier alpha value is -1.58. The first-order valence-corrected chi connectivity index (χ1v) is 9.50. The highest BCUT2D eigenvalue weighted by atomic mass is 16.2. The number of hydrogen-bond acceptors (Lipinski definition) is 2. The zero-order valence-corrected chi connectivity index (χ0v) is 15.1. The number of hydrogen-bond donors (Lipinski definition) is 1. The minimum Gasteiger partial charge on any atom is -0.345 e. The summed E-state index contributed by atoms with van der Waals surface area (Å²) in [6.07, 6.45) is 16.5. The van der Waals surface area contributed by atoms with Crippen LogP contribution in [-0.4, -0.2) is 35.8 Å². The van der Waals surface area contributed by atoms with E-state index in [1.54, 1.807) is 12.2 Å². The minimum absolute atomic E-state index is 0.121. The van der Waals surface area contributed by atoms with Crippen LogP contribution in [0.25, 0.3) is 0 Å². The summed E-state index contributed by atoms with van der Waals surface area (Å²) in [6, 6.07) is 0.121. The zero-order chi connectivity index (χ0) is 17.6. The van der Waals surface area contributed by atoms with E-state index in [0.717, 1.165) is 25.7 Å². The van der Waals surface area contributed by atoms with E-state index in [2.05, 4.69) is 18.5 Å². The van der Waals surface area contributed by atoms with Crippen LogP contribution in [0.5, 0.6) is 0 Å². The number of nitrogens with one attached hydrogen (secondary N) is 1. The molecule has 4 nitrogen and oxygen atoms in total. The molecule has 0 aromatic carbocycles. The second-order valence-electron chi connectivity index (χ2n) is 6.72. The Kier molecular flexibility index (Phi) is 10.9. The molecule has 1 N–H and O–H groups in total. The fraction of sp³-hybridized carbons (Fsp3) is 0.700. The maximum Gasteiger partial charge on any atom is 0.312 e.